The van der Waals surface area contributed by atoms with E-state index in [0.29, 0.717) is 6.07 Å². The molecule has 1 rings (SSSR count). The van der Waals surface area contributed by atoms with Gasteiger partial charge in [0, 0.05) is 6.07 Å². The first-order chi connectivity index (χ1) is 6.73. The van der Waals surface area contributed by atoms with Gasteiger partial charge in [-0.3, -0.25) is 4.79 Å². The second-order valence-corrected chi connectivity index (χ2v) is 2.98. The van der Waals surface area contributed by atoms with Crippen LogP contribution in [0, 0.1) is 0 Å². The van der Waals surface area contributed by atoms with Crippen molar-refractivity contribution in [3.63, 3.8) is 0 Å². The molecule has 0 unspecified atom stereocenters. The first-order valence-corrected chi connectivity index (χ1v) is 3.89. The zero-order valence-corrected chi connectivity index (χ0v) is 7.59. The summed E-state index contributed by atoms with van der Waals surface area (Å²) >= 11 is 5.09. The fourth-order valence-corrected chi connectivity index (χ4v) is 1.31. The third-order valence-corrected chi connectivity index (χ3v) is 1.82. The van der Waals surface area contributed by atoms with Crippen LogP contribution in [0.1, 0.15) is 17.7 Å². The van der Waals surface area contributed by atoms with E-state index in [4.69, 9.17) is 11.6 Å². The van der Waals surface area contributed by atoms with E-state index in [1.165, 1.54) is 4.98 Å². The molecule has 0 aliphatic rings. The summed E-state index contributed by atoms with van der Waals surface area (Å²) in [5, 5.41) is -1.04. The Labute approximate surface area is 84.7 Å². The summed E-state index contributed by atoms with van der Waals surface area (Å²) in [6.07, 6.45) is -8.49. The molecule has 0 spiro atoms. The Morgan fingerprint density at radius 2 is 1.87 bits per heavy atom. The number of halogens is 6. The quantitative estimate of drug-likeness (QED) is 0.761. The minimum atomic E-state index is -5.03. The van der Waals surface area contributed by atoms with Gasteiger partial charge in [-0.15, -0.1) is 0 Å². The molecule has 0 aromatic carbocycles. The Morgan fingerprint density at radius 1 is 1.33 bits per heavy atom. The summed E-state index contributed by atoms with van der Waals surface area (Å²) < 4.78 is 61.2. The maximum Gasteiger partial charge on any atom is 0.419 e. The zero-order valence-electron chi connectivity index (χ0n) is 6.83. The predicted molar refractivity (Wildman–Crippen MR) is 42.0 cm³/mol. The van der Waals surface area contributed by atoms with E-state index in [1.54, 1.807) is 0 Å². The molecule has 1 N–H and O–H groups in total. The number of rotatable bonds is 1. The number of H-pyrrole nitrogens is 1. The molecule has 0 radical (unpaired) electrons. The normalized spacial score (nSPS) is 12.2. The summed E-state index contributed by atoms with van der Waals surface area (Å²) in [6.45, 7) is 0. The Balaban J connectivity index is 3.55. The first kappa shape index (κ1) is 12.0. The lowest BCUT2D eigenvalue weighted by atomic mass is 10.2. The summed E-state index contributed by atoms with van der Waals surface area (Å²) in [5.74, 6) is 0. The van der Waals surface area contributed by atoms with Crippen molar-refractivity contribution in [3.05, 3.63) is 32.7 Å². The lowest BCUT2D eigenvalue weighted by Gasteiger charge is -2.12. The monoisotopic (exact) mass is 247 g/mol. The Hall–Kier alpha value is -1.11. The predicted octanol–water partition coefficient (Wildman–Crippen LogP) is 2.98. The van der Waals surface area contributed by atoms with Gasteiger partial charge in [0.25, 0.3) is 6.43 Å². The number of alkyl halides is 5. The van der Waals surface area contributed by atoms with Gasteiger partial charge in [0.15, 0.2) is 0 Å². The largest absolute Gasteiger partial charge is 0.419 e. The van der Waals surface area contributed by atoms with Crippen LogP contribution in [-0.4, -0.2) is 4.98 Å². The van der Waals surface area contributed by atoms with Crippen molar-refractivity contribution in [3.8, 4) is 0 Å². The number of hydrogen-bond donors (Lipinski definition) is 1. The topological polar surface area (TPSA) is 32.9 Å². The Bertz CT molecular complexity index is 424. The third kappa shape index (κ3) is 2.47. The number of nitrogens with one attached hydrogen (secondary N) is 1. The highest BCUT2D eigenvalue weighted by atomic mass is 35.5. The fourth-order valence-electron chi connectivity index (χ4n) is 0.999. The molecule has 0 atom stereocenters. The van der Waals surface area contributed by atoms with E-state index in [0.717, 1.165) is 0 Å². The van der Waals surface area contributed by atoms with Gasteiger partial charge in [-0.05, 0) is 0 Å². The molecular formula is C7H3ClF5NO. The summed E-state index contributed by atoms with van der Waals surface area (Å²) in [4.78, 5) is 12.1. The maximum absolute atomic E-state index is 12.3. The van der Waals surface area contributed by atoms with Gasteiger partial charge in [-0.1, -0.05) is 11.6 Å². The molecule has 0 saturated heterocycles. The van der Waals surface area contributed by atoms with Crippen molar-refractivity contribution in [2.75, 3.05) is 0 Å². The molecule has 0 amide bonds. The van der Waals surface area contributed by atoms with Gasteiger partial charge in [0.05, 0.1) is 16.3 Å². The van der Waals surface area contributed by atoms with Gasteiger partial charge >= 0.3 is 6.18 Å². The van der Waals surface area contributed by atoms with E-state index in [9.17, 15) is 26.7 Å². The molecule has 1 heterocycles. The molecule has 8 heteroatoms. The van der Waals surface area contributed by atoms with Gasteiger partial charge in [0.2, 0.25) is 5.56 Å². The summed E-state index contributed by atoms with van der Waals surface area (Å²) in [5.41, 5.74) is -4.33. The van der Waals surface area contributed by atoms with Crippen molar-refractivity contribution in [2.45, 2.75) is 12.6 Å². The third-order valence-electron chi connectivity index (χ3n) is 1.53. The zero-order chi connectivity index (χ0) is 11.8. The van der Waals surface area contributed by atoms with E-state index in [2.05, 4.69) is 0 Å². The van der Waals surface area contributed by atoms with E-state index >= 15 is 0 Å². The van der Waals surface area contributed by atoms with Crippen LogP contribution in [0.4, 0.5) is 22.0 Å². The average Bonchev–Trinajstić information content (AvgIpc) is 1.99. The van der Waals surface area contributed by atoms with Crippen LogP contribution in [-0.2, 0) is 6.18 Å². The van der Waals surface area contributed by atoms with Crippen molar-refractivity contribution in [1.29, 1.82) is 0 Å². The van der Waals surface area contributed by atoms with Crippen molar-refractivity contribution in [2.24, 2.45) is 0 Å². The SMILES string of the molecule is O=c1cc(Cl)c(C(F)(F)F)c(C(F)F)[nH]1. The number of aromatic amines is 1. The molecule has 1 aromatic rings. The second-order valence-electron chi connectivity index (χ2n) is 2.57. The lowest BCUT2D eigenvalue weighted by Crippen LogP contribution is -2.18. The Kier molecular flexibility index (Phi) is 3.03. The van der Waals surface area contributed by atoms with Crippen molar-refractivity contribution < 1.29 is 22.0 Å². The van der Waals surface area contributed by atoms with Crippen molar-refractivity contribution >= 4 is 11.6 Å². The highest BCUT2D eigenvalue weighted by molar-refractivity contribution is 6.31. The van der Waals surface area contributed by atoms with Gasteiger partial charge in [-0.25, -0.2) is 8.78 Å². The van der Waals surface area contributed by atoms with E-state index in [1.807, 2.05) is 0 Å². The van der Waals surface area contributed by atoms with Crippen LogP contribution < -0.4 is 5.56 Å². The molecule has 84 valence electrons. The van der Waals surface area contributed by atoms with Crippen LogP contribution in [0.3, 0.4) is 0 Å². The number of aromatic nitrogens is 1. The number of pyridine rings is 1. The summed E-state index contributed by atoms with van der Waals surface area (Å²) in [6, 6.07) is 0.399. The molecule has 0 aliphatic heterocycles. The van der Waals surface area contributed by atoms with Crippen LogP contribution in [0.2, 0.25) is 5.02 Å². The molecule has 1 aromatic heterocycles. The van der Waals surface area contributed by atoms with Crippen LogP contribution in [0.25, 0.3) is 0 Å². The molecular weight excluding hydrogens is 245 g/mol. The standard InChI is InChI=1S/C7H3ClF5NO/c8-2-1-3(15)14-5(6(9)10)4(2)7(11,12)13/h1,6H,(H,14,15). The lowest BCUT2D eigenvalue weighted by molar-refractivity contribution is -0.139. The van der Waals surface area contributed by atoms with Crippen LogP contribution >= 0.6 is 11.6 Å². The van der Waals surface area contributed by atoms with E-state index < -0.39 is 34.4 Å². The van der Waals surface area contributed by atoms with Gasteiger partial charge in [0.1, 0.15) is 0 Å². The van der Waals surface area contributed by atoms with Gasteiger partial charge in [-0.2, -0.15) is 13.2 Å². The van der Waals surface area contributed by atoms with Gasteiger partial charge < -0.3 is 4.98 Å². The minimum Gasteiger partial charge on any atom is -0.320 e. The highest BCUT2D eigenvalue weighted by Gasteiger charge is 2.39. The van der Waals surface area contributed by atoms with Crippen molar-refractivity contribution in [1.82, 2.24) is 4.98 Å². The fraction of sp³-hybridized carbons (Fsp3) is 0.286. The summed E-state index contributed by atoms with van der Waals surface area (Å²) in [7, 11) is 0. The highest BCUT2D eigenvalue weighted by Crippen LogP contribution is 2.38. The van der Waals surface area contributed by atoms with E-state index in [-0.39, 0.29) is 0 Å². The van der Waals surface area contributed by atoms with Crippen LogP contribution in [0.5, 0.6) is 0 Å². The second kappa shape index (κ2) is 3.80. The maximum atomic E-state index is 12.3. The molecule has 0 fully saturated rings. The molecule has 15 heavy (non-hydrogen) atoms. The minimum absolute atomic E-state index is 0.399. The molecule has 2 nitrogen and oxygen atoms in total. The van der Waals surface area contributed by atoms with Crippen LogP contribution in [0.15, 0.2) is 10.9 Å². The molecule has 0 saturated carbocycles. The Morgan fingerprint density at radius 3 is 2.27 bits per heavy atom. The number of hydrogen-bond acceptors (Lipinski definition) is 1. The smallest absolute Gasteiger partial charge is 0.320 e. The first-order valence-electron chi connectivity index (χ1n) is 3.51. The average molecular weight is 248 g/mol. The molecule has 0 aliphatic carbocycles. The molecule has 0 bridgehead atoms.